The van der Waals surface area contributed by atoms with Gasteiger partial charge in [0, 0.05) is 12.1 Å². The fourth-order valence-corrected chi connectivity index (χ4v) is 9.36. The van der Waals surface area contributed by atoms with E-state index in [2.05, 4.69) is 12.2 Å². The van der Waals surface area contributed by atoms with Crippen LogP contribution in [0.3, 0.4) is 0 Å². The molecule has 2 heterocycles. The van der Waals surface area contributed by atoms with Crippen molar-refractivity contribution in [2.24, 2.45) is 40.6 Å². The molecule has 2 aliphatic heterocycles. The summed E-state index contributed by atoms with van der Waals surface area (Å²) in [4.78, 5) is 57.7. The van der Waals surface area contributed by atoms with Gasteiger partial charge < -0.3 is 4.74 Å². The molecule has 7 aliphatic rings. The van der Waals surface area contributed by atoms with Crippen molar-refractivity contribution in [3.05, 3.63) is 107 Å². The van der Waals surface area contributed by atoms with Crippen molar-refractivity contribution in [2.45, 2.75) is 31.1 Å². The summed E-state index contributed by atoms with van der Waals surface area (Å²) >= 11 is 0. The van der Waals surface area contributed by atoms with Gasteiger partial charge in [-0.05, 0) is 71.2 Å². The molecule has 45 heavy (non-hydrogen) atoms. The molecule has 0 radical (unpaired) electrons. The van der Waals surface area contributed by atoms with Crippen LogP contribution < -0.4 is 9.64 Å². The molecule has 8 nitrogen and oxygen atoms in total. The molecule has 8 heteroatoms. The van der Waals surface area contributed by atoms with Crippen molar-refractivity contribution in [2.75, 3.05) is 11.5 Å². The maximum absolute atomic E-state index is 14.7. The van der Waals surface area contributed by atoms with Crippen LogP contribution in [-0.2, 0) is 24.6 Å². The van der Waals surface area contributed by atoms with Crippen LogP contribution in [0.4, 0.5) is 5.69 Å². The summed E-state index contributed by atoms with van der Waals surface area (Å²) in [5.41, 5.74) is 3.02. The molecule has 0 N–H and O–H groups in total. The Bertz CT molecular complexity index is 1800. The lowest BCUT2D eigenvalue weighted by Crippen LogP contribution is -2.55. The van der Waals surface area contributed by atoms with Gasteiger partial charge in [0.05, 0.1) is 41.4 Å². The summed E-state index contributed by atoms with van der Waals surface area (Å²) in [5.74, 6) is -2.89. The Morgan fingerprint density at radius 1 is 0.778 bits per heavy atom. The van der Waals surface area contributed by atoms with E-state index in [0.717, 1.165) is 40.1 Å². The van der Waals surface area contributed by atoms with E-state index >= 15 is 0 Å². The van der Waals surface area contributed by atoms with Crippen molar-refractivity contribution in [1.29, 1.82) is 0 Å². The van der Waals surface area contributed by atoms with E-state index in [9.17, 15) is 19.2 Å². The first-order chi connectivity index (χ1) is 22.0. The Hall–Kier alpha value is -4.85. The normalized spacial score (nSPS) is 33.3. The van der Waals surface area contributed by atoms with E-state index in [0.29, 0.717) is 18.0 Å². The van der Waals surface area contributed by atoms with Crippen LogP contribution in [0.1, 0.15) is 47.9 Å². The highest BCUT2D eigenvalue weighted by Crippen LogP contribution is 2.64. The molecule has 2 saturated heterocycles. The summed E-state index contributed by atoms with van der Waals surface area (Å²) < 4.78 is 5.74. The van der Waals surface area contributed by atoms with Crippen LogP contribution in [-0.4, -0.2) is 41.5 Å². The molecule has 4 bridgehead atoms. The highest BCUT2D eigenvalue weighted by Gasteiger charge is 2.68. The quantitative estimate of drug-likeness (QED) is 0.231. The van der Waals surface area contributed by atoms with Gasteiger partial charge in [0.15, 0.2) is 0 Å². The second-order valence-corrected chi connectivity index (χ2v) is 13.1. The molecular formula is C37H31N3O5. The molecule has 6 atom stereocenters. The number of amides is 4. The van der Waals surface area contributed by atoms with Crippen LogP contribution in [0.25, 0.3) is 0 Å². The molecule has 3 aromatic carbocycles. The van der Waals surface area contributed by atoms with E-state index in [1.807, 2.05) is 55.5 Å². The van der Waals surface area contributed by atoms with Crippen LogP contribution in [0, 0.1) is 35.5 Å². The van der Waals surface area contributed by atoms with Crippen molar-refractivity contribution in [3.8, 4) is 5.75 Å². The fraction of sp³-hybridized carbons (Fsp3) is 0.324. The van der Waals surface area contributed by atoms with Crippen LogP contribution >= 0.6 is 0 Å². The van der Waals surface area contributed by atoms with E-state index < -0.39 is 17.3 Å². The molecule has 0 aromatic heterocycles. The number of anilines is 1. The van der Waals surface area contributed by atoms with Gasteiger partial charge in [-0.1, -0.05) is 67.6 Å². The minimum atomic E-state index is -1.16. The van der Waals surface area contributed by atoms with Gasteiger partial charge in [0.2, 0.25) is 11.8 Å². The number of hydrogen-bond donors (Lipinski definition) is 0. The highest BCUT2D eigenvalue weighted by molar-refractivity contribution is 6.25. The first-order valence-corrected chi connectivity index (χ1v) is 15.9. The third kappa shape index (κ3) is 3.29. The summed E-state index contributed by atoms with van der Waals surface area (Å²) in [6.45, 7) is 2.61. The van der Waals surface area contributed by atoms with Gasteiger partial charge in [-0.25, -0.2) is 4.90 Å². The van der Waals surface area contributed by atoms with Crippen LogP contribution in [0.5, 0.6) is 5.75 Å². The van der Waals surface area contributed by atoms with E-state index in [-0.39, 0.29) is 53.2 Å². The van der Waals surface area contributed by atoms with Crippen LogP contribution in [0.15, 0.2) is 90.0 Å². The molecule has 3 fully saturated rings. The SMILES string of the molecule is CCCOc1ccc(N2C(=O)[C@@H]3C4c5ccccc5C(/C=N\N5C(=O)[C@@H]6[C@H](C5=O)[C@H]5C=C[C@H]6C5)(c5ccccc54)[C@@H]3C2=O)cc1. The van der Waals surface area contributed by atoms with Gasteiger partial charge in [0.1, 0.15) is 5.75 Å². The number of imide groups is 2. The minimum absolute atomic E-state index is 0.0621. The summed E-state index contributed by atoms with van der Waals surface area (Å²) in [6.07, 6.45) is 7.46. The zero-order valence-electron chi connectivity index (χ0n) is 24.7. The Labute approximate surface area is 260 Å². The van der Waals surface area contributed by atoms with Crippen molar-refractivity contribution in [3.63, 3.8) is 0 Å². The third-order valence-corrected chi connectivity index (χ3v) is 11.1. The number of hydrogen-bond acceptors (Lipinski definition) is 6. The number of hydrazone groups is 1. The molecule has 0 unspecified atom stereocenters. The number of nitrogens with zero attached hydrogens (tertiary/aromatic N) is 3. The first-order valence-electron chi connectivity index (χ1n) is 15.9. The van der Waals surface area contributed by atoms with Gasteiger partial charge >= 0.3 is 0 Å². The van der Waals surface area contributed by atoms with E-state index in [4.69, 9.17) is 9.84 Å². The zero-order valence-corrected chi connectivity index (χ0v) is 24.7. The lowest BCUT2D eigenvalue weighted by atomic mass is 9.47. The second kappa shape index (κ2) is 9.33. The minimum Gasteiger partial charge on any atom is -0.494 e. The number of benzene rings is 3. The first kappa shape index (κ1) is 26.5. The van der Waals surface area contributed by atoms with Crippen molar-refractivity contribution >= 4 is 35.5 Å². The number of rotatable bonds is 6. The Morgan fingerprint density at radius 2 is 1.38 bits per heavy atom. The molecule has 3 aromatic rings. The molecule has 10 rings (SSSR count). The topological polar surface area (TPSA) is 96.3 Å². The lowest BCUT2D eigenvalue weighted by Gasteiger charge is -2.52. The predicted octanol–water partition coefficient (Wildman–Crippen LogP) is 4.82. The summed E-state index contributed by atoms with van der Waals surface area (Å²) in [5, 5.41) is 5.74. The Morgan fingerprint density at radius 3 is 1.98 bits per heavy atom. The van der Waals surface area contributed by atoms with Crippen molar-refractivity contribution < 1.29 is 23.9 Å². The molecule has 1 saturated carbocycles. The standard InChI is InChI=1S/C37H31N3O5/c1-2-17-45-23-15-13-22(14-16-23)39-33(41)31-30-24-7-3-5-9-26(24)37(32(31)36(39)44,27-10-6-4-8-25(27)30)19-38-40-34(42)28-20-11-12-21(18-20)29(28)35(40)43/h3-16,19-21,28-32H,2,17-18H2,1H3/b38-19-/t20-,21-,28-,29+,30?,31+,32-,37?/m0/s1. The smallest absolute Gasteiger partial charge is 0.254 e. The monoisotopic (exact) mass is 597 g/mol. The van der Waals surface area contributed by atoms with Crippen LogP contribution in [0.2, 0.25) is 0 Å². The van der Waals surface area contributed by atoms with Gasteiger partial charge in [0.25, 0.3) is 11.8 Å². The number of ether oxygens (including phenoxy) is 1. The zero-order chi connectivity index (χ0) is 30.6. The maximum atomic E-state index is 14.7. The molecule has 5 aliphatic carbocycles. The van der Waals surface area contributed by atoms with E-state index in [1.165, 1.54) is 4.90 Å². The second-order valence-electron chi connectivity index (χ2n) is 13.1. The van der Waals surface area contributed by atoms with Gasteiger partial charge in [-0.3, -0.25) is 19.2 Å². The molecule has 4 amide bonds. The molecule has 224 valence electrons. The fourth-order valence-electron chi connectivity index (χ4n) is 9.36. The third-order valence-electron chi connectivity index (χ3n) is 11.1. The Kier molecular flexibility index (Phi) is 5.50. The number of carbonyl (C=O) groups is 4. The summed E-state index contributed by atoms with van der Waals surface area (Å²) in [6, 6.07) is 22.9. The van der Waals surface area contributed by atoms with Gasteiger partial charge in [-0.2, -0.15) is 10.1 Å². The maximum Gasteiger partial charge on any atom is 0.254 e. The average Bonchev–Trinajstić information content (AvgIpc) is 3.82. The molecule has 0 spiro atoms. The Balaban J connectivity index is 1.19. The number of carbonyl (C=O) groups excluding carboxylic acids is 4. The predicted molar refractivity (Wildman–Crippen MR) is 165 cm³/mol. The summed E-state index contributed by atoms with van der Waals surface area (Å²) in [7, 11) is 0. The molecular weight excluding hydrogens is 566 g/mol. The average molecular weight is 598 g/mol. The lowest BCUT2D eigenvalue weighted by molar-refractivity contribution is -0.140. The van der Waals surface area contributed by atoms with Gasteiger partial charge in [-0.15, -0.1) is 0 Å². The van der Waals surface area contributed by atoms with Crippen molar-refractivity contribution in [1.82, 2.24) is 5.01 Å². The largest absolute Gasteiger partial charge is 0.494 e. The number of allylic oxidation sites excluding steroid dienone is 2. The highest BCUT2D eigenvalue weighted by atomic mass is 16.5. The number of fused-ring (bicyclic) bond motifs is 5. The van der Waals surface area contributed by atoms with E-state index in [1.54, 1.807) is 30.5 Å².